The fourth-order valence-corrected chi connectivity index (χ4v) is 3.20. The Kier molecular flexibility index (Phi) is 5.25. The van der Waals surface area contributed by atoms with E-state index < -0.39 is 10.0 Å². The summed E-state index contributed by atoms with van der Waals surface area (Å²) in [5, 5.41) is 0. The van der Waals surface area contributed by atoms with Crippen LogP contribution in [0.1, 0.15) is 36.1 Å². The van der Waals surface area contributed by atoms with Crippen LogP contribution in [0.3, 0.4) is 0 Å². The number of nitrogens with one attached hydrogen (secondary N) is 1. The Balaban J connectivity index is 2.07. The van der Waals surface area contributed by atoms with Gasteiger partial charge < -0.3 is 15.1 Å². The summed E-state index contributed by atoms with van der Waals surface area (Å²) >= 11 is 0. The molecule has 2 heterocycles. The number of carbonyl (C=O) groups excluding carboxylic acids is 1. The van der Waals surface area contributed by atoms with Crippen molar-refractivity contribution >= 4 is 15.9 Å². The van der Waals surface area contributed by atoms with E-state index in [1.807, 2.05) is 0 Å². The van der Waals surface area contributed by atoms with Crippen LogP contribution >= 0.6 is 0 Å². The molecule has 1 aliphatic heterocycles. The molecule has 124 valence electrons. The van der Waals surface area contributed by atoms with E-state index in [2.05, 4.69) is 11.6 Å². The summed E-state index contributed by atoms with van der Waals surface area (Å²) < 4.78 is 29.9. The van der Waals surface area contributed by atoms with Gasteiger partial charge in [-0.15, -0.1) is 0 Å². The molecule has 0 bridgehead atoms. The van der Waals surface area contributed by atoms with Crippen LogP contribution < -0.4 is 10.5 Å². The summed E-state index contributed by atoms with van der Waals surface area (Å²) in [6.07, 6.45) is 3.09. The molecule has 1 aliphatic rings. The first-order valence-corrected chi connectivity index (χ1v) is 9.25. The minimum absolute atomic E-state index is 0.0175. The van der Waals surface area contributed by atoms with E-state index in [1.165, 1.54) is 0 Å². The van der Waals surface area contributed by atoms with Gasteiger partial charge in [0.15, 0.2) is 5.76 Å². The van der Waals surface area contributed by atoms with Crippen molar-refractivity contribution < 1.29 is 17.6 Å². The number of hydrogen-bond acceptors (Lipinski definition) is 5. The molecule has 1 aromatic heterocycles. The van der Waals surface area contributed by atoms with Crippen molar-refractivity contribution in [2.45, 2.75) is 32.4 Å². The first kappa shape index (κ1) is 17.0. The maximum atomic E-state index is 12.6. The third-order valence-electron chi connectivity index (χ3n) is 4.00. The zero-order valence-corrected chi connectivity index (χ0v) is 13.7. The lowest BCUT2D eigenvalue weighted by atomic mass is 9.90. The highest BCUT2D eigenvalue weighted by atomic mass is 32.2. The van der Waals surface area contributed by atoms with Crippen LogP contribution in [0.4, 0.5) is 0 Å². The second kappa shape index (κ2) is 6.80. The normalized spacial score (nSPS) is 22.8. The number of nitrogens with two attached hydrogens (primary N) is 1. The highest BCUT2D eigenvalue weighted by Gasteiger charge is 2.32. The molecule has 0 spiro atoms. The summed E-state index contributed by atoms with van der Waals surface area (Å²) in [5.74, 6) is 0.803. The average Bonchev–Trinajstić information content (AvgIpc) is 2.92. The number of rotatable bonds is 5. The number of furan rings is 1. The van der Waals surface area contributed by atoms with Crippen LogP contribution in [0.2, 0.25) is 0 Å². The maximum Gasteiger partial charge on any atom is 0.289 e. The maximum absolute atomic E-state index is 12.6. The first-order valence-electron chi connectivity index (χ1n) is 7.36. The molecule has 7 nitrogen and oxygen atoms in total. The van der Waals surface area contributed by atoms with E-state index in [0.717, 1.165) is 19.1 Å². The Morgan fingerprint density at radius 1 is 1.50 bits per heavy atom. The number of likely N-dealkylation sites (tertiary alicyclic amines) is 1. The van der Waals surface area contributed by atoms with Gasteiger partial charge in [-0.2, -0.15) is 0 Å². The van der Waals surface area contributed by atoms with Gasteiger partial charge in [0.1, 0.15) is 5.76 Å². The van der Waals surface area contributed by atoms with E-state index >= 15 is 0 Å². The Bertz CT molecular complexity index is 626. The Labute approximate surface area is 130 Å². The van der Waals surface area contributed by atoms with E-state index in [-0.39, 0.29) is 24.3 Å². The summed E-state index contributed by atoms with van der Waals surface area (Å²) in [7, 11) is -3.30. The summed E-state index contributed by atoms with van der Waals surface area (Å²) in [5.41, 5.74) is 5.80. The molecule has 2 rings (SSSR count). The number of amides is 1. The lowest BCUT2D eigenvalue weighted by Crippen LogP contribution is -2.51. The van der Waals surface area contributed by atoms with E-state index in [4.69, 9.17) is 10.2 Å². The van der Waals surface area contributed by atoms with E-state index in [0.29, 0.717) is 24.8 Å². The lowest BCUT2D eigenvalue weighted by molar-refractivity contribution is 0.0499. The minimum atomic E-state index is -3.30. The third-order valence-corrected chi connectivity index (χ3v) is 4.67. The van der Waals surface area contributed by atoms with Crippen molar-refractivity contribution in [2.75, 3.05) is 19.3 Å². The fraction of sp³-hybridized carbons (Fsp3) is 0.643. The van der Waals surface area contributed by atoms with Gasteiger partial charge in [-0.3, -0.25) is 4.79 Å². The molecule has 1 fully saturated rings. The van der Waals surface area contributed by atoms with Gasteiger partial charge in [-0.25, -0.2) is 13.1 Å². The second-order valence-electron chi connectivity index (χ2n) is 5.78. The molecular formula is C14H23N3O4S. The first-order chi connectivity index (χ1) is 10.3. The van der Waals surface area contributed by atoms with Crippen molar-refractivity contribution in [2.24, 2.45) is 11.7 Å². The van der Waals surface area contributed by atoms with Gasteiger partial charge in [-0.1, -0.05) is 6.92 Å². The monoisotopic (exact) mass is 329 g/mol. The number of sulfonamides is 1. The molecule has 0 aliphatic carbocycles. The van der Waals surface area contributed by atoms with Crippen molar-refractivity contribution in [3.05, 3.63) is 23.7 Å². The molecule has 0 aromatic carbocycles. The van der Waals surface area contributed by atoms with Crippen LogP contribution in [0.15, 0.2) is 16.5 Å². The topological polar surface area (TPSA) is 106 Å². The van der Waals surface area contributed by atoms with Gasteiger partial charge >= 0.3 is 0 Å². The van der Waals surface area contributed by atoms with Crippen LogP contribution in [0.25, 0.3) is 0 Å². The van der Waals surface area contributed by atoms with Crippen molar-refractivity contribution in [3.8, 4) is 0 Å². The molecule has 1 amide bonds. The predicted molar refractivity (Wildman–Crippen MR) is 82.7 cm³/mol. The SMILES string of the molecule is C[C@@H]1CCCN(C(=O)c2ccc(CNS(C)(=O)=O)o2)[C@H]1CN. The largest absolute Gasteiger partial charge is 0.455 e. The molecule has 1 saturated heterocycles. The Hall–Kier alpha value is -1.38. The highest BCUT2D eigenvalue weighted by Crippen LogP contribution is 2.24. The lowest BCUT2D eigenvalue weighted by Gasteiger charge is -2.38. The molecule has 2 atom stereocenters. The summed E-state index contributed by atoms with van der Waals surface area (Å²) in [6, 6.07) is 3.20. The second-order valence-corrected chi connectivity index (χ2v) is 7.61. The molecule has 8 heteroatoms. The van der Waals surface area contributed by atoms with Crippen molar-refractivity contribution in [3.63, 3.8) is 0 Å². The smallest absolute Gasteiger partial charge is 0.289 e. The van der Waals surface area contributed by atoms with Crippen LogP contribution in [-0.4, -0.2) is 44.6 Å². The van der Waals surface area contributed by atoms with E-state index in [9.17, 15) is 13.2 Å². The quantitative estimate of drug-likeness (QED) is 0.819. The molecule has 0 radical (unpaired) electrons. The van der Waals surface area contributed by atoms with Crippen molar-refractivity contribution in [1.29, 1.82) is 0 Å². The van der Waals surface area contributed by atoms with Gasteiger partial charge in [0.05, 0.1) is 12.8 Å². The van der Waals surface area contributed by atoms with Gasteiger partial charge in [-0.05, 0) is 30.9 Å². The third kappa shape index (κ3) is 4.08. The number of carbonyl (C=O) groups is 1. The zero-order valence-electron chi connectivity index (χ0n) is 12.9. The fourth-order valence-electron chi connectivity index (χ4n) is 2.79. The van der Waals surface area contributed by atoms with Crippen LogP contribution in [0.5, 0.6) is 0 Å². The van der Waals surface area contributed by atoms with Gasteiger partial charge in [0.2, 0.25) is 10.0 Å². The zero-order chi connectivity index (χ0) is 16.3. The van der Waals surface area contributed by atoms with Crippen LogP contribution in [-0.2, 0) is 16.6 Å². The molecule has 0 unspecified atom stereocenters. The molecule has 3 N–H and O–H groups in total. The van der Waals surface area contributed by atoms with Gasteiger partial charge in [0, 0.05) is 19.1 Å². The standard InChI is InChI=1S/C14H23N3O4S/c1-10-4-3-7-17(12(10)8-15)14(18)13-6-5-11(21-13)9-16-22(2,19)20/h5-6,10,12,16H,3-4,7-9,15H2,1-2H3/t10-,12+/m1/s1. The molecule has 22 heavy (non-hydrogen) atoms. The predicted octanol–water partition coefficient (Wildman–Crippen LogP) is 0.528. The number of nitrogens with zero attached hydrogens (tertiary/aromatic N) is 1. The number of piperidine rings is 1. The van der Waals surface area contributed by atoms with Crippen molar-refractivity contribution in [1.82, 2.24) is 9.62 Å². The molecular weight excluding hydrogens is 306 g/mol. The number of hydrogen-bond donors (Lipinski definition) is 2. The highest BCUT2D eigenvalue weighted by molar-refractivity contribution is 7.88. The van der Waals surface area contributed by atoms with E-state index in [1.54, 1.807) is 17.0 Å². The van der Waals surface area contributed by atoms with Gasteiger partial charge in [0.25, 0.3) is 5.91 Å². The molecule has 1 aromatic rings. The van der Waals surface area contributed by atoms with Crippen LogP contribution in [0, 0.1) is 5.92 Å². The summed E-state index contributed by atoms with van der Waals surface area (Å²) in [6.45, 7) is 3.22. The minimum Gasteiger partial charge on any atom is -0.455 e. The Morgan fingerprint density at radius 2 is 2.23 bits per heavy atom. The average molecular weight is 329 g/mol. The molecule has 0 saturated carbocycles. The summed E-state index contributed by atoms with van der Waals surface area (Å²) in [4.78, 5) is 14.3. The Morgan fingerprint density at radius 3 is 2.86 bits per heavy atom.